The van der Waals surface area contributed by atoms with Gasteiger partial charge in [0.1, 0.15) is 36.5 Å². The van der Waals surface area contributed by atoms with E-state index in [1.54, 1.807) is 30.0 Å². The second-order valence-electron chi connectivity index (χ2n) is 8.39. The minimum atomic E-state index is -0.865. The van der Waals surface area contributed by atoms with Crippen LogP contribution in [0.3, 0.4) is 0 Å². The number of likely N-dealkylation sites (N-methyl/N-ethyl adjacent to an activating group) is 1. The molecule has 7 heteroatoms. The summed E-state index contributed by atoms with van der Waals surface area (Å²) in [5.41, 5.74) is 2.56. The van der Waals surface area contributed by atoms with Crippen molar-refractivity contribution in [2.45, 2.75) is 31.3 Å². The fourth-order valence-corrected chi connectivity index (χ4v) is 3.84. The molecule has 0 amide bonds. The number of para-hydroxylation sites is 1. The number of aromatic nitrogens is 2. The molecule has 3 rings (SSSR count). The minimum absolute atomic E-state index is 0.198. The van der Waals surface area contributed by atoms with E-state index < -0.39 is 24.4 Å². The van der Waals surface area contributed by atoms with Crippen LogP contribution in [0, 0.1) is 0 Å². The van der Waals surface area contributed by atoms with Gasteiger partial charge in [0.15, 0.2) is 0 Å². The van der Waals surface area contributed by atoms with Crippen LogP contribution in [-0.4, -0.2) is 63.1 Å². The Kier molecular flexibility index (Phi) is 8.41. The lowest BCUT2D eigenvalue weighted by Gasteiger charge is -2.24. The maximum Gasteiger partial charge on any atom is 0.137 e. The minimum Gasteiger partial charge on any atom is -0.490 e. The van der Waals surface area contributed by atoms with Crippen molar-refractivity contribution >= 4 is 0 Å². The highest BCUT2D eigenvalue weighted by Gasteiger charge is 2.23. The van der Waals surface area contributed by atoms with Gasteiger partial charge in [0, 0.05) is 24.5 Å². The van der Waals surface area contributed by atoms with Crippen LogP contribution in [0.4, 0.5) is 0 Å². The van der Waals surface area contributed by atoms with E-state index in [0.717, 1.165) is 11.1 Å². The molecule has 0 bridgehead atoms. The molecule has 4 unspecified atom stereocenters. The van der Waals surface area contributed by atoms with Crippen LogP contribution in [0.1, 0.15) is 36.6 Å². The van der Waals surface area contributed by atoms with Gasteiger partial charge in [0.2, 0.25) is 0 Å². The molecule has 0 saturated carbocycles. The number of aliphatic hydroxyl groups excluding tert-OH is 3. The van der Waals surface area contributed by atoms with Crippen molar-refractivity contribution in [2.75, 3.05) is 27.2 Å². The Morgan fingerprint density at radius 3 is 2.42 bits per heavy atom. The molecule has 176 valence electrons. The molecule has 2 aromatic carbocycles. The third kappa shape index (κ3) is 6.09. The smallest absolute Gasteiger partial charge is 0.137 e. The second-order valence-corrected chi connectivity index (χ2v) is 8.39. The van der Waals surface area contributed by atoms with E-state index in [1.807, 2.05) is 67.5 Å². The number of rotatable bonds is 11. The normalized spacial score (nSPS) is 15.1. The van der Waals surface area contributed by atoms with Gasteiger partial charge in [-0.3, -0.25) is 0 Å². The lowest BCUT2D eigenvalue weighted by Crippen LogP contribution is -2.30. The van der Waals surface area contributed by atoms with Gasteiger partial charge in [0.05, 0.1) is 6.04 Å². The summed E-state index contributed by atoms with van der Waals surface area (Å²) in [5.74, 6) is 1.16. The third-order valence-corrected chi connectivity index (χ3v) is 5.42. The molecule has 0 saturated heterocycles. The first kappa shape index (κ1) is 24.7. The van der Waals surface area contributed by atoms with Crippen LogP contribution in [-0.2, 0) is 0 Å². The van der Waals surface area contributed by atoms with Crippen LogP contribution < -0.4 is 4.74 Å². The molecule has 3 aromatic rings. The van der Waals surface area contributed by atoms with Crippen molar-refractivity contribution in [3.05, 3.63) is 85.0 Å². The van der Waals surface area contributed by atoms with Crippen molar-refractivity contribution in [2.24, 2.45) is 0 Å². The number of aliphatic hydroxyl groups is 3. The van der Waals surface area contributed by atoms with E-state index >= 15 is 0 Å². The van der Waals surface area contributed by atoms with E-state index in [0.29, 0.717) is 23.7 Å². The molecule has 0 aliphatic rings. The largest absolute Gasteiger partial charge is 0.490 e. The molecule has 1 aromatic heterocycles. The Bertz CT molecular complexity index is 1030. The predicted octanol–water partition coefficient (Wildman–Crippen LogP) is 3.37. The highest BCUT2D eigenvalue weighted by Crippen LogP contribution is 2.34. The Morgan fingerprint density at radius 2 is 1.79 bits per heavy atom. The summed E-state index contributed by atoms with van der Waals surface area (Å²) in [6, 6.07) is 14.8. The summed E-state index contributed by atoms with van der Waals surface area (Å²) in [6.07, 6.45) is 2.76. The lowest BCUT2D eigenvalue weighted by atomic mass is 9.97. The molecule has 7 nitrogen and oxygen atoms in total. The molecule has 4 atom stereocenters. The van der Waals surface area contributed by atoms with Gasteiger partial charge < -0.3 is 29.5 Å². The number of benzene rings is 2. The van der Waals surface area contributed by atoms with Crippen molar-refractivity contribution < 1.29 is 20.1 Å². The van der Waals surface area contributed by atoms with Crippen LogP contribution >= 0.6 is 0 Å². The van der Waals surface area contributed by atoms with Gasteiger partial charge in [-0.25, -0.2) is 4.98 Å². The summed E-state index contributed by atoms with van der Waals surface area (Å²) in [5, 5.41) is 31.1. The van der Waals surface area contributed by atoms with Crippen LogP contribution in [0.5, 0.6) is 5.75 Å². The SMILES string of the molecule is C=CC(C(O)c1ccc(-c2ccccc2OCC(O)CN(C)C)cc1)n1ccnc1C(C)O. The van der Waals surface area contributed by atoms with Crippen molar-refractivity contribution in [3.63, 3.8) is 0 Å². The van der Waals surface area contributed by atoms with Crippen molar-refractivity contribution in [1.82, 2.24) is 14.5 Å². The molecule has 3 N–H and O–H groups in total. The molecule has 0 fully saturated rings. The average molecular weight is 452 g/mol. The first-order valence-electron chi connectivity index (χ1n) is 11.0. The van der Waals surface area contributed by atoms with Gasteiger partial charge in [-0.1, -0.05) is 48.5 Å². The summed E-state index contributed by atoms with van der Waals surface area (Å²) in [4.78, 5) is 6.10. The molecule has 1 heterocycles. The summed E-state index contributed by atoms with van der Waals surface area (Å²) >= 11 is 0. The fourth-order valence-electron chi connectivity index (χ4n) is 3.84. The van der Waals surface area contributed by atoms with Crippen molar-refractivity contribution in [1.29, 1.82) is 0 Å². The standard InChI is InChI=1S/C26H33N3O4/c1-5-23(29-15-14-27-26(29)18(2)30)25(32)20-12-10-19(11-13-20)22-8-6-7-9-24(22)33-17-21(31)16-28(3)4/h5-15,18,21,23,25,30-32H,1,16-17H2,2-4H3. The number of hydrogen-bond donors (Lipinski definition) is 3. The fraction of sp³-hybridized carbons (Fsp3) is 0.346. The van der Waals surface area contributed by atoms with Gasteiger partial charge in [0.25, 0.3) is 0 Å². The second kappa shape index (κ2) is 11.2. The molecular weight excluding hydrogens is 418 g/mol. The van der Waals surface area contributed by atoms with Crippen LogP contribution in [0.2, 0.25) is 0 Å². The average Bonchev–Trinajstić information content (AvgIpc) is 3.28. The number of nitrogens with zero attached hydrogens (tertiary/aromatic N) is 3. The summed E-state index contributed by atoms with van der Waals surface area (Å²) in [7, 11) is 3.81. The number of imidazole rings is 1. The zero-order chi connectivity index (χ0) is 24.0. The zero-order valence-corrected chi connectivity index (χ0v) is 19.4. The molecule has 0 spiro atoms. The highest BCUT2D eigenvalue weighted by atomic mass is 16.5. The van der Waals surface area contributed by atoms with Crippen LogP contribution in [0.25, 0.3) is 11.1 Å². The monoisotopic (exact) mass is 451 g/mol. The van der Waals surface area contributed by atoms with Crippen LogP contribution in [0.15, 0.2) is 73.6 Å². The van der Waals surface area contributed by atoms with E-state index in [9.17, 15) is 15.3 Å². The summed E-state index contributed by atoms with van der Waals surface area (Å²) < 4.78 is 7.63. The van der Waals surface area contributed by atoms with E-state index in [4.69, 9.17) is 4.74 Å². The first-order chi connectivity index (χ1) is 15.8. The molecule has 0 radical (unpaired) electrons. The van der Waals surface area contributed by atoms with Gasteiger partial charge >= 0.3 is 0 Å². The summed E-state index contributed by atoms with van der Waals surface area (Å²) in [6.45, 7) is 6.22. The molecular formula is C26H33N3O4. The predicted molar refractivity (Wildman–Crippen MR) is 129 cm³/mol. The molecule has 0 aliphatic carbocycles. The Hall–Kier alpha value is -2.97. The van der Waals surface area contributed by atoms with E-state index in [1.165, 1.54) is 0 Å². The molecule has 0 aliphatic heterocycles. The quantitative estimate of drug-likeness (QED) is 0.387. The first-order valence-corrected chi connectivity index (χ1v) is 11.0. The molecule has 33 heavy (non-hydrogen) atoms. The number of ether oxygens (including phenoxy) is 1. The third-order valence-electron chi connectivity index (χ3n) is 5.42. The van der Waals surface area contributed by atoms with Gasteiger partial charge in [-0.2, -0.15) is 0 Å². The van der Waals surface area contributed by atoms with E-state index in [2.05, 4.69) is 11.6 Å². The topological polar surface area (TPSA) is 91.0 Å². The van der Waals surface area contributed by atoms with Crippen molar-refractivity contribution in [3.8, 4) is 16.9 Å². The Morgan fingerprint density at radius 1 is 1.09 bits per heavy atom. The lowest BCUT2D eigenvalue weighted by molar-refractivity contribution is 0.0833. The Balaban J connectivity index is 1.79. The van der Waals surface area contributed by atoms with E-state index in [-0.39, 0.29) is 6.61 Å². The maximum atomic E-state index is 11.0. The maximum absolute atomic E-state index is 11.0. The highest BCUT2D eigenvalue weighted by molar-refractivity contribution is 5.70. The van der Waals surface area contributed by atoms with Gasteiger partial charge in [-0.15, -0.1) is 6.58 Å². The van der Waals surface area contributed by atoms with Gasteiger partial charge in [-0.05, 0) is 38.2 Å². The zero-order valence-electron chi connectivity index (χ0n) is 19.4. The Labute approximate surface area is 195 Å². The number of hydrogen-bond acceptors (Lipinski definition) is 6.